The zero-order chi connectivity index (χ0) is 11.2. The zero-order valence-electron chi connectivity index (χ0n) is 9.04. The van der Waals surface area contributed by atoms with Crippen molar-refractivity contribution in [3.05, 3.63) is 48.0 Å². The number of rotatable bonds is 2. The van der Waals surface area contributed by atoms with Crippen LogP contribution in [0.5, 0.6) is 0 Å². The van der Waals surface area contributed by atoms with Gasteiger partial charge in [-0.15, -0.1) is 0 Å². The number of hydrogen-bond donors (Lipinski definition) is 0. The van der Waals surface area contributed by atoms with E-state index in [9.17, 15) is 0 Å². The molecule has 0 aromatic heterocycles. The quantitative estimate of drug-likeness (QED) is 0.433. The van der Waals surface area contributed by atoms with Crippen molar-refractivity contribution in [2.75, 3.05) is 5.33 Å². The summed E-state index contributed by atoms with van der Waals surface area (Å²) in [6, 6.07) is 14.7. The van der Waals surface area contributed by atoms with Gasteiger partial charge in [0, 0.05) is 17.3 Å². The highest BCUT2D eigenvalue weighted by atomic mass is 79.9. The van der Waals surface area contributed by atoms with Crippen molar-refractivity contribution in [2.45, 2.75) is 12.8 Å². The van der Waals surface area contributed by atoms with Crippen molar-refractivity contribution in [3.8, 4) is 11.8 Å². The van der Waals surface area contributed by atoms with Gasteiger partial charge in [-0.1, -0.05) is 64.2 Å². The Morgan fingerprint density at radius 2 is 1.81 bits per heavy atom. The number of halogens is 1. The maximum atomic E-state index is 3.41. The fourth-order valence-corrected chi connectivity index (χ4v) is 1.93. The minimum absolute atomic E-state index is 0.953. The molecule has 0 aliphatic carbocycles. The molecule has 0 unspecified atom stereocenters. The van der Waals surface area contributed by atoms with E-state index >= 15 is 0 Å². The number of unbranched alkanes of at least 4 members (excludes halogenated alkanes) is 1. The Morgan fingerprint density at radius 3 is 2.69 bits per heavy atom. The SMILES string of the molecule is BrCCCC#Cc1cccc2ccccc12. The van der Waals surface area contributed by atoms with Crippen molar-refractivity contribution in [2.24, 2.45) is 0 Å². The summed E-state index contributed by atoms with van der Waals surface area (Å²) in [5.74, 6) is 6.47. The maximum absolute atomic E-state index is 3.41. The second-order valence-electron chi connectivity index (χ2n) is 3.62. The van der Waals surface area contributed by atoms with Crippen LogP contribution in [-0.2, 0) is 0 Å². The highest BCUT2D eigenvalue weighted by Crippen LogP contribution is 2.17. The van der Waals surface area contributed by atoms with E-state index in [1.807, 2.05) is 0 Å². The van der Waals surface area contributed by atoms with Crippen molar-refractivity contribution < 1.29 is 0 Å². The second kappa shape index (κ2) is 5.72. The van der Waals surface area contributed by atoms with E-state index in [0.717, 1.165) is 23.7 Å². The number of fused-ring (bicyclic) bond motifs is 1. The Bertz CT molecular complexity index is 526. The standard InChI is InChI=1S/C15H13Br/c16-12-5-1-2-7-13-9-6-10-14-8-3-4-11-15(13)14/h3-4,6,8-11H,1,5,12H2. The Hall–Kier alpha value is -1.26. The third kappa shape index (κ3) is 2.65. The summed E-state index contributed by atoms with van der Waals surface area (Å²) in [6.07, 6.45) is 2.06. The van der Waals surface area contributed by atoms with E-state index in [4.69, 9.17) is 0 Å². The molecule has 2 aromatic carbocycles. The van der Waals surface area contributed by atoms with Crippen LogP contribution in [-0.4, -0.2) is 5.33 Å². The lowest BCUT2D eigenvalue weighted by atomic mass is 10.0. The average Bonchev–Trinajstić information content (AvgIpc) is 2.35. The molecule has 16 heavy (non-hydrogen) atoms. The van der Waals surface area contributed by atoms with Crippen molar-refractivity contribution in [1.82, 2.24) is 0 Å². The molecule has 0 atom stereocenters. The van der Waals surface area contributed by atoms with E-state index in [1.165, 1.54) is 10.8 Å². The van der Waals surface area contributed by atoms with Gasteiger partial charge in [0.2, 0.25) is 0 Å². The molecule has 0 fully saturated rings. The molecule has 1 heteroatoms. The molecule has 80 valence electrons. The van der Waals surface area contributed by atoms with Gasteiger partial charge in [-0.2, -0.15) is 0 Å². The molecule has 2 rings (SSSR count). The second-order valence-corrected chi connectivity index (χ2v) is 4.41. The van der Waals surface area contributed by atoms with Crippen molar-refractivity contribution in [1.29, 1.82) is 0 Å². The van der Waals surface area contributed by atoms with Gasteiger partial charge in [-0.05, 0) is 23.3 Å². The van der Waals surface area contributed by atoms with Crippen LogP contribution in [0.2, 0.25) is 0 Å². The lowest BCUT2D eigenvalue weighted by Crippen LogP contribution is -1.79. The van der Waals surface area contributed by atoms with Gasteiger partial charge >= 0.3 is 0 Å². The highest BCUT2D eigenvalue weighted by molar-refractivity contribution is 9.09. The lowest BCUT2D eigenvalue weighted by Gasteiger charge is -1.99. The topological polar surface area (TPSA) is 0 Å². The average molecular weight is 273 g/mol. The molecule has 0 heterocycles. The van der Waals surface area contributed by atoms with Gasteiger partial charge in [0.1, 0.15) is 0 Å². The smallest absolute Gasteiger partial charge is 0.0323 e. The number of benzene rings is 2. The summed E-state index contributed by atoms with van der Waals surface area (Å²) in [6.45, 7) is 0. The largest absolute Gasteiger partial charge is 0.0978 e. The van der Waals surface area contributed by atoms with Crippen LogP contribution in [0.3, 0.4) is 0 Å². The fraction of sp³-hybridized carbons (Fsp3) is 0.200. The molecule has 0 saturated carbocycles. The predicted molar refractivity (Wildman–Crippen MR) is 73.9 cm³/mol. The predicted octanol–water partition coefficient (Wildman–Crippen LogP) is 4.37. The van der Waals surface area contributed by atoms with E-state index in [1.54, 1.807) is 0 Å². The van der Waals surface area contributed by atoms with E-state index in [0.29, 0.717) is 0 Å². The van der Waals surface area contributed by atoms with E-state index < -0.39 is 0 Å². The van der Waals surface area contributed by atoms with Crippen LogP contribution >= 0.6 is 15.9 Å². The van der Waals surface area contributed by atoms with Gasteiger partial charge in [-0.3, -0.25) is 0 Å². The third-order valence-corrected chi connectivity index (χ3v) is 3.01. The molecule has 0 aliphatic rings. The molecule has 0 saturated heterocycles. The molecule has 0 amide bonds. The van der Waals surface area contributed by atoms with Crippen LogP contribution in [0, 0.1) is 11.8 Å². The fourth-order valence-electron chi connectivity index (χ4n) is 1.65. The lowest BCUT2D eigenvalue weighted by molar-refractivity contribution is 1.01. The van der Waals surface area contributed by atoms with Crippen LogP contribution < -0.4 is 0 Å². The molecule has 0 radical (unpaired) electrons. The third-order valence-electron chi connectivity index (χ3n) is 2.45. The molecule has 0 N–H and O–H groups in total. The first kappa shape index (κ1) is 11.2. The summed E-state index contributed by atoms with van der Waals surface area (Å²) in [5, 5.41) is 3.53. The maximum Gasteiger partial charge on any atom is 0.0323 e. The first-order valence-corrected chi connectivity index (χ1v) is 6.56. The molecule has 0 nitrogen and oxygen atoms in total. The Labute approximate surface area is 105 Å². The van der Waals surface area contributed by atoms with Crippen molar-refractivity contribution >= 4 is 26.7 Å². The van der Waals surface area contributed by atoms with Crippen LogP contribution in [0.4, 0.5) is 0 Å². The Morgan fingerprint density at radius 1 is 1.00 bits per heavy atom. The summed E-state index contributed by atoms with van der Waals surface area (Å²) in [7, 11) is 0. The van der Waals surface area contributed by atoms with Gasteiger partial charge in [-0.25, -0.2) is 0 Å². The van der Waals surface area contributed by atoms with Gasteiger partial charge < -0.3 is 0 Å². The molecular weight excluding hydrogens is 260 g/mol. The monoisotopic (exact) mass is 272 g/mol. The van der Waals surface area contributed by atoms with Crippen LogP contribution in [0.15, 0.2) is 42.5 Å². The summed E-state index contributed by atoms with van der Waals surface area (Å²) >= 11 is 3.41. The van der Waals surface area contributed by atoms with E-state index in [2.05, 4.69) is 70.2 Å². The summed E-state index contributed by atoms with van der Waals surface area (Å²) in [5.41, 5.74) is 1.13. The first-order valence-electron chi connectivity index (χ1n) is 5.44. The van der Waals surface area contributed by atoms with Gasteiger partial charge in [0.05, 0.1) is 0 Å². The normalized spacial score (nSPS) is 9.81. The molecule has 0 aliphatic heterocycles. The summed E-state index contributed by atoms with van der Waals surface area (Å²) < 4.78 is 0. The molecule has 2 aromatic rings. The van der Waals surface area contributed by atoms with Crippen molar-refractivity contribution in [3.63, 3.8) is 0 Å². The Kier molecular flexibility index (Phi) is 4.02. The first-order chi connectivity index (χ1) is 7.92. The zero-order valence-corrected chi connectivity index (χ0v) is 10.6. The van der Waals surface area contributed by atoms with Crippen LogP contribution in [0.1, 0.15) is 18.4 Å². The van der Waals surface area contributed by atoms with Crippen LogP contribution in [0.25, 0.3) is 10.8 Å². The number of hydrogen-bond acceptors (Lipinski definition) is 0. The van der Waals surface area contributed by atoms with Gasteiger partial charge in [0.25, 0.3) is 0 Å². The van der Waals surface area contributed by atoms with E-state index in [-0.39, 0.29) is 0 Å². The Balaban J connectivity index is 2.32. The number of alkyl halides is 1. The minimum atomic E-state index is 0.953. The van der Waals surface area contributed by atoms with Gasteiger partial charge in [0.15, 0.2) is 0 Å². The molecule has 0 bridgehead atoms. The highest BCUT2D eigenvalue weighted by Gasteiger charge is 1.95. The summed E-state index contributed by atoms with van der Waals surface area (Å²) in [4.78, 5) is 0. The molecular formula is C15H13Br. The minimum Gasteiger partial charge on any atom is -0.0978 e. The molecule has 0 spiro atoms.